The zero-order chi connectivity index (χ0) is 25.2. The van der Waals surface area contributed by atoms with Crippen LogP contribution in [0.3, 0.4) is 0 Å². The molecule has 2 heterocycles. The average Bonchev–Trinajstić information content (AvgIpc) is 3.06. The molecule has 3 rings (SSSR count). The van der Waals surface area contributed by atoms with Crippen molar-refractivity contribution in [2.24, 2.45) is 5.92 Å². The number of H-pyrrole nitrogens is 1. The summed E-state index contributed by atoms with van der Waals surface area (Å²) in [6, 6.07) is 3.59. The first-order valence-corrected chi connectivity index (χ1v) is 10.8. The number of nitrogen functional groups attached to an aromatic ring is 1. The monoisotopic (exact) mass is 474 g/mol. The van der Waals surface area contributed by atoms with E-state index in [9.17, 15) is 29.3 Å². The number of fused-ring (bicyclic) bond motifs is 1. The smallest absolute Gasteiger partial charge is 0.407 e. The number of nitro benzene ring substituents is 1. The van der Waals surface area contributed by atoms with E-state index in [1.54, 1.807) is 0 Å². The number of unbranched alkanes of at least 4 members (excludes halogenated alkanes) is 1. The molecule has 0 unspecified atom stereocenters. The summed E-state index contributed by atoms with van der Waals surface area (Å²) in [4.78, 5) is 64.5. The zero-order valence-electron chi connectivity index (χ0n) is 19.1. The molecule has 0 saturated heterocycles. The Morgan fingerprint density at radius 3 is 2.59 bits per heavy atom. The molecule has 34 heavy (non-hydrogen) atoms. The minimum Gasteiger partial charge on any atom is -0.407 e. The van der Waals surface area contributed by atoms with Gasteiger partial charge in [-0.15, -0.1) is 0 Å². The Morgan fingerprint density at radius 2 is 1.97 bits per heavy atom. The van der Waals surface area contributed by atoms with Gasteiger partial charge in [-0.25, -0.2) is 9.59 Å². The molecule has 2 aromatic heterocycles. The average molecular weight is 474 g/mol. The van der Waals surface area contributed by atoms with E-state index in [4.69, 9.17) is 10.2 Å². The molecule has 0 fully saturated rings. The molecule has 3 N–H and O–H groups in total. The topological polar surface area (TPSA) is 179 Å². The normalized spacial score (nSPS) is 11.3. The van der Waals surface area contributed by atoms with Crippen molar-refractivity contribution in [1.82, 2.24) is 14.1 Å². The number of carbonyl (C=O) groups excluding carboxylic acids is 1. The van der Waals surface area contributed by atoms with E-state index in [-0.39, 0.29) is 47.3 Å². The quantitative estimate of drug-likeness (QED) is 0.345. The molecular weight excluding hydrogens is 448 g/mol. The van der Waals surface area contributed by atoms with Gasteiger partial charge >= 0.3 is 11.4 Å². The second kappa shape index (κ2) is 9.77. The van der Waals surface area contributed by atoms with Crippen LogP contribution in [0, 0.1) is 16.0 Å². The lowest BCUT2D eigenvalue weighted by atomic mass is 10.2. The van der Waals surface area contributed by atoms with Crippen LogP contribution in [0.4, 0.5) is 17.2 Å². The molecule has 1 aromatic carbocycles. The van der Waals surface area contributed by atoms with Crippen molar-refractivity contribution in [2.75, 3.05) is 17.2 Å². The molecular formula is C21H26N6O7. The zero-order valence-corrected chi connectivity index (χ0v) is 19.1. The van der Waals surface area contributed by atoms with E-state index in [2.05, 4.69) is 4.98 Å². The van der Waals surface area contributed by atoms with Gasteiger partial charge < -0.3 is 15.1 Å². The van der Waals surface area contributed by atoms with Gasteiger partial charge in [-0.1, -0.05) is 27.2 Å². The number of non-ortho nitro benzene ring substituents is 1. The fourth-order valence-corrected chi connectivity index (χ4v) is 3.60. The number of amides is 1. The Balaban J connectivity index is 2.07. The van der Waals surface area contributed by atoms with Gasteiger partial charge in [0.25, 0.3) is 11.2 Å². The third-order valence-electron chi connectivity index (χ3n) is 5.22. The van der Waals surface area contributed by atoms with Gasteiger partial charge in [0.2, 0.25) is 5.91 Å². The fourth-order valence-electron chi connectivity index (χ4n) is 3.60. The van der Waals surface area contributed by atoms with Gasteiger partial charge in [0, 0.05) is 19.2 Å². The maximum Gasteiger partial charge on any atom is 0.420 e. The van der Waals surface area contributed by atoms with E-state index in [1.807, 2.05) is 20.8 Å². The Morgan fingerprint density at radius 1 is 1.26 bits per heavy atom. The third-order valence-corrected chi connectivity index (χ3v) is 5.22. The molecule has 0 radical (unpaired) electrons. The van der Waals surface area contributed by atoms with Crippen LogP contribution in [0.15, 0.2) is 37.0 Å². The lowest BCUT2D eigenvalue weighted by Crippen LogP contribution is -2.44. The Hall–Kier alpha value is -4.16. The number of anilines is 2. The highest BCUT2D eigenvalue weighted by Gasteiger charge is 2.26. The van der Waals surface area contributed by atoms with Crippen LogP contribution < -0.4 is 27.6 Å². The van der Waals surface area contributed by atoms with Gasteiger partial charge in [0.1, 0.15) is 12.4 Å². The standard InChI is InChI=1S/C21H26N6O7/c1-4-5-8-24-18(22)17(19(29)23-20(24)30)26(10-12(2)3)16(28)11-25-14-7-6-13(27(32)33)9-15(14)34-21(25)31/h6-7,9,12H,4-5,8,10-11,22H2,1-3H3,(H,23,29,30). The van der Waals surface area contributed by atoms with Crippen LogP contribution in [0.1, 0.15) is 33.6 Å². The van der Waals surface area contributed by atoms with Gasteiger partial charge in [-0.3, -0.25) is 33.8 Å². The van der Waals surface area contributed by atoms with Crippen LogP contribution in [0.2, 0.25) is 0 Å². The number of aromatic amines is 1. The molecule has 13 nitrogen and oxygen atoms in total. The largest absolute Gasteiger partial charge is 0.420 e. The SMILES string of the molecule is CCCCn1c(N)c(N(CC(C)C)C(=O)Cn2c(=O)oc3cc([N+](=O)[O-])ccc32)c(=O)[nH]c1=O. The predicted octanol–water partition coefficient (Wildman–Crippen LogP) is 1.42. The molecule has 1 amide bonds. The van der Waals surface area contributed by atoms with Crippen molar-refractivity contribution in [3.8, 4) is 0 Å². The number of nitrogens with one attached hydrogen (secondary N) is 1. The van der Waals surface area contributed by atoms with Crippen LogP contribution in [-0.2, 0) is 17.9 Å². The molecule has 0 atom stereocenters. The first-order chi connectivity index (χ1) is 16.0. The summed E-state index contributed by atoms with van der Waals surface area (Å²) in [5.41, 5.74) is 4.38. The van der Waals surface area contributed by atoms with E-state index < -0.39 is 34.4 Å². The van der Waals surface area contributed by atoms with Crippen molar-refractivity contribution in [3.63, 3.8) is 0 Å². The van der Waals surface area contributed by atoms with Crippen LogP contribution in [0.5, 0.6) is 0 Å². The molecule has 13 heteroatoms. The van der Waals surface area contributed by atoms with Gasteiger partial charge in [-0.2, -0.15) is 0 Å². The first-order valence-electron chi connectivity index (χ1n) is 10.8. The summed E-state index contributed by atoms with van der Waals surface area (Å²) in [5.74, 6) is -1.76. The molecule has 182 valence electrons. The Bertz CT molecular complexity index is 1410. The number of rotatable bonds is 9. The van der Waals surface area contributed by atoms with Crippen molar-refractivity contribution < 1.29 is 14.1 Å². The summed E-state index contributed by atoms with van der Waals surface area (Å²) in [6.07, 6.45) is 1.42. The number of nitro groups is 1. The molecule has 0 spiro atoms. The molecule has 0 bridgehead atoms. The number of oxazole rings is 1. The lowest BCUT2D eigenvalue weighted by molar-refractivity contribution is -0.384. The maximum atomic E-state index is 13.4. The third kappa shape index (κ3) is 4.77. The number of nitrogens with zero attached hydrogens (tertiary/aromatic N) is 4. The van der Waals surface area contributed by atoms with Gasteiger partial charge in [0.15, 0.2) is 11.3 Å². The second-order valence-electron chi connectivity index (χ2n) is 8.26. The predicted molar refractivity (Wildman–Crippen MR) is 125 cm³/mol. The highest BCUT2D eigenvalue weighted by Crippen LogP contribution is 2.22. The summed E-state index contributed by atoms with van der Waals surface area (Å²) in [7, 11) is 0. The van der Waals surface area contributed by atoms with Gasteiger partial charge in [-0.05, 0) is 18.4 Å². The van der Waals surface area contributed by atoms with Crippen molar-refractivity contribution in [3.05, 3.63) is 59.7 Å². The van der Waals surface area contributed by atoms with Crippen LogP contribution in [0.25, 0.3) is 11.1 Å². The van der Waals surface area contributed by atoms with E-state index in [0.717, 1.165) is 22.0 Å². The number of nitrogens with two attached hydrogens (primary N) is 1. The number of hydrogen-bond donors (Lipinski definition) is 2. The number of benzene rings is 1. The Kier molecular flexibility index (Phi) is 7.03. The summed E-state index contributed by atoms with van der Waals surface area (Å²) >= 11 is 0. The highest BCUT2D eigenvalue weighted by atomic mass is 16.6. The molecule has 0 saturated carbocycles. The minimum absolute atomic E-state index is 0.0483. The summed E-state index contributed by atoms with van der Waals surface area (Å²) in [6.45, 7) is 5.44. The fraction of sp³-hybridized carbons (Fsp3) is 0.429. The minimum atomic E-state index is -0.886. The van der Waals surface area contributed by atoms with Gasteiger partial charge in [0.05, 0.1) is 16.5 Å². The van der Waals surface area contributed by atoms with E-state index in [1.165, 1.54) is 16.7 Å². The molecule has 0 aliphatic heterocycles. The Labute approximate surface area is 192 Å². The molecule has 3 aromatic rings. The number of hydrogen-bond acceptors (Lipinski definition) is 8. The van der Waals surface area contributed by atoms with Crippen molar-refractivity contribution in [2.45, 2.75) is 46.7 Å². The first kappa shape index (κ1) is 24.5. The summed E-state index contributed by atoms with van der Waals surface area (Å²) < 4.78 is 7.31. The van der Waals surface area contributed by atoms with Crippen LogP contribution >= 0.6 is 0 Å². The molecule has 0 aliphatic rings. The lowest BCUT2D eigenvalue weighted by Gasteiger charge is -2.26. The summed E-state index contributed by atoms with van der Waals surface area (Å²) in [5, 5.41) is 11.0. The second-order valence-corrected chi connectivity index (χ2v) is 8.26. The van der Waals surface area contributed by atoms with Crippen molar-refractivity contribution >= 4 is 34.2 Å². The van der Waals surface area contributed by atoms with E-state index >= 15 is 0 Å². The number of aromatic nitrogens is 3. The molecule has 0 aliphatic carbocycles. The van der Waals surface area contributed by atoms with Crippen molar-refractivity contribution in [1.29, 1.82) is 0 Å². The van der Waals surface area contributed by atoms with E-state index in [0.29, 0.717) is 6.42 Å². The van der Waals surface area contributed by atoms with Crippen LogP contribution in [-0.4, -0.2) is 31.5 Å². The maximum absolute atomic E-state index is 13.4. The highest BCUT2D eigenvalue weighted by molar-refractivity contribution is 5.96. The number of carbonyl (C=O) groups is 1.